The van der Waals surface area contributed by atoms with E-state index in [1.807, 2.05) is 0 Å². The quantitative estimate of drug-likeness (QED) is 0.676. The first-order chi connectivity index (χ1) is 8.52. The van der Waals surface area contributed by atoms with Gasteiger partial charge in [0.15, 0.2) is 0 Å². The lowest BCUT2D eigenvalue weighted by molar-refractivity contribution is -0.139. The fourth-order valence-corrected chi connectivity index (χ4v) is 1.33. The van der Waals surface area contributed by atoms with E-state index in [1.54, 1.807) is 24.3 Å². The molecule has 0 spiro atoms. The van der Waals surface area contributed by atoms with Crippen LogP contribution in [0, 0.1) is 0 Å². The fourth-order valence-electron chi connectivity index (χ4n) is 1.33. The van der Waals surface area contributed by atoms with Crippen molar-refractivity contribution in [1.82, 2.24) is 5.32 Å². The number of aliphatic hydroxyl groups is 1. The molecule has 0 fully saturated rings. The highest BCUT2D eigenvalue weighted by Crippen LogP contribution is 2.10. The molecule has 1 atom stereocenters. The summed E-state index contributed by atoms with van der Waals surface area (Å²) in [5, 5.41) is 20.2. The number of methoxy groups -OCH3 is 1. The maximum atomic E-state index is 11.6. The Morgan fingerprint density at radius 3 is 2.44 bits per heavy atom. The molecule has 0 aliphatic heterocycles. The number of rotatable bonds is 6. The third-order valence-corrected chi connectivity index (χ3v) is 2.26. The molecule has 3 N–H and O–H groups in total. The van der Waals surface area contributed by atoms with Crippen molar-refractivity contribution in [1.29, 1.82) is 0 Å². The van der Waals surface area contributed by atoms with Gasteiger partial charge >= 0.3 is 5.97 Å². The number of aliphatic carboxylic acids is 1. The summed E-state index contributed by atoms with van der Waals surface area (Å²) in [4.78, 5) is 21.9. The number of ether oxygens (including phenoxy) is 1. The lowest BCUT2D eigenvalue weighted by atomic mass is 10.2. The molecule has 0 bridgehead atoms. The van der Waals surface area contributed by atoms with Crippen LogP contribution >= 0.6 is 0 Å². The maximum absolute atomic E-state index is 11.6. The number of carboxylic acid groups (broad SMARTS) is 1. The molecular weight excluding hydrogens is 238 g/mol. The highest BCUT2D eigenvalue weighted by Gasteiger charge is 2.11. The second-order valence-corrected chi connectivity index (χ2v) is 3.69. The average molecular weight is 253 g/mol. The molecule has 98 valence electrons. The zero-order valence-corrected chi connectivity index (χ0v) is 9.92. The summed E-state index contributed by atoms with van der Waals surface area (Å²) in [5.41, 5.74) is 0.415. The van der Waals surface area contributed by atoms with E-state index < -0.39 is 18.5 Å². The van der Waals surface area contributed by atoms with Gasteiger partial charge in [-0.25, -0.2) is 0 Å². The molecule has 1 amide bonds. The summed E-state index contributed by atoms with van der Waals surface area (Å²) in [6.45, 7) is -0.100. The Hall–Kier alpha value is -2.08. The smallest absolute Gasteiger partial charge is 0.306 e. The van der Waals surface area contributed by atoms with Crippen LogP contribution in [-0.2, 0) is 4.79 Å². The molecule has 0 aliphatic carbocycles. The minimum Gasteiger partial charge on any atom is -0.497 e. The molecule has 0 heterocycles. The number of carbonyl (C=O) groups is 2. The predicted molar refractivity (Wildman–Crippen MR) is 63.6 cm³/mol. The molecule has 0 aromatic heterocycles. The van der Waals surface area contributed by atoms with Crippen molar-refractivity contribution in [3.63, 3.8) is 0 Å². The largest absolute Gasteiger partial charge is 0.497 e. The van der Waals surface area contributed by atoms with Gasteiger partial charge in [0.1, 0.15) is 5.75 Å². The molecule has 0 radical (unpaired) electrons. The summed E-state index contributed by atoms with van der Waals surface area (Å²) < 4.78 is 4.95. The highest BCUT2D eigenvalue weighted by atomic mass is 16.5. The Morgan fingerprint density at radius 2 is 1.94 bits per heavy atom. The number of nitrogens with one attached hydrogen (secondary N) is 1. The van der Waals surface area contributed by atoms with E-state index in [0.29, 0.717) is 11.3 Å². The Kier molecular flexibility index (Phi) is 5.13. The summed E-state index contributed by atoms with van der Waals surface area (Å²) in [7, 11) is 1.53. The van der Waals surface area contributed by atoms with Gasteiger partial charge in [-0.2, -0.15) is 0 Å². The van der Waals surface area contributed by atoms with E-state index in [1.165, 1.54) is 7.11 Å². The lowest BCUT2D eigenvalue weighted by Crippen LogP contribution is -2.33. The van der Waals surface area contributed by atoms with Gasteiger partial charge < -0.3 is 20.3 Å². The van der Waals surface area contributed by atoms with Gasteiger partial charge in [-0.1, -0.05) is 0 Å². The Balaban J connectivity index is 2.47. The molecule has 1 aromatic carbocycles. The van der Waals surface area contributed by atoms with Gasteiger partial charge in [0.05, 0.1) is 19.6 Å². The molecule has 18 heavy (non-hydrogen) atoms. The van der Waals surface area contributed by atoms with Crippen LogP contribution in [0.15, 0.2) is 24.3 Å². The second-order valence-electron chi connectivity index (χ2n) is 3.69. The van der Waals surface area contributed by atoms with Crippen LogP contribution in [0.5, 0.6) is 5.75 Å². The van der Waals surface area contributed by atoms with Gasteiger partial charge in [0, 0.05) is 12.1 Å². The first-order valence-electron chi connectivity index (χ1n) is 5.35. The number of benzene rings is 1. The normalized spacial score (nSPS) is 11.7. The minimum atomic E-state index is -1.11. The van der Waals surface area contributed by atoms with Crippen LogP contribution in [0.3, 0.4) is 0 Å². The number of hydrogen-bond acceptors (Lipinski definition) is 4. The topological polar surface area (TPSA) is 95.9 Å². The van der Waals surface area contributed by atoms with Crippen molar-refractivity contribution in [2.24, 2.45) is 0 Å². The molecule has 0 saturated carbocycles. The zero-order chi connectivity index (χ0) is 13.5. The van der Waals surface area contributed by atoms with Crippen molar-refractivity contribution in [3.8, 4) is 5.75 Å². The van der Waals surface area contributed by atoms with Crippen molar-refractivity contribution in [3.05, 3.63) is 29.8 Å². The van der Waals surface area contributed by atoms with Crippen molar-refractivity contribution < 1.29 is 24.5 Å². The van der Waals surface area contributed by atoms with Crippen LogP contribution < -0.4 is 10.1 Å². The second kappa shape index (κ2) is 6.61. The predicted octanol–water partition coefficient (Wildman–Crippen LogP) is 0.261. The lowest BCUT2D eigenvalue weighted by Gasteiger charge is -2.09. The molecule has 1 unspecified atom stereocenters. The molecule has 1 aromatic rings. The van der Waals surface area contributed by atoms with E-state index in [9.17, 15) is 14.7 Å². The molecule has 0 aliphatic rings. The average Bonchev–Trinajstić information content (AvgIpc) is 2.35. The molecule has 6 heteroatoms. The van der Waals surface area contributed by atoms with Crippen LogP contribution in [0.25, 0.3) is 0 Å². The number of carboxylic acids is 1. The van der Waals surface area contributed by atoms with Gasteiger partial charge in [-0.05, 0) is 24.3 Å². The first-order valence-corrected chi connectivity index (χ1v) is 5.35. The summed E-state index contributed by atoms with van der Waals surface area (Å²) in [6.07, 6.45) is -1.49. The fraction of sp³-hybridized carbons (Fsp3) is 0.333. The molecule has 6 nitrogen and oxygen atoms in total. The van der Waals surface area contributed by atoms with E-state index in [0.717, 1.165) is 0 Å². The summed E-state index contributed by atoms with van der Waals surface area (Å²) >= 11 is 0. The van der Waals surface area contributed by atoms with Gasteiger partial charge in [0.25, 0.3) is 5.91 Å². The zero-order valence-electron chi connectivity index (χ0n) is 9.92. The minimum absolute atomic E-state index is 0.100. The monoisotopic (exact) mass is 253 g/mol. The standard InChI is InChI=1S/C12H15NO5/c1-18-10-4-2-8(3-5-10)12(17)13-7-9(14)6-11(15)16/h2-5,9,14H,6-7H2,1H3,(H,13,17)(H,15,16). The SMILES string of the molecule is COc1ccc(C(=O)NCC(O)CC(=O)O)cc1. The molecular formula is C12H15NO5. The van der Waals surface area contributed by atoms with Crippen LogP contribution in [0.1, 0.15) is 16.8 Å². The Labute approximate surface area is 104 Å². The van der Waals surface area contributed by atoms with Crippen molar-refractivity contribution >= 4 is 11.9 Å². The van der Waals surface area contributed by atoms with E-state index in [2.05, 4.69) is 5.32 Å². The van der Waals surface area contributed by atoms with Gasteiger partial charge in [-0.3, -0.25) is 9.59 Å². The van der Waals surface area contributed by atoms with E-state index in [4.69, 9.17) is 9.84 Å². The third kappa shape index (κ3) is 4.42. The van der Waals surface area contributed by atoms with Gasteiger partial charge in [0.2, 0.25) is 0 Å². The summed E-state index contributed by atoms with van der Waals surface area (Å²) in [6, 6.07) is 6.45. The van der Waals surface area contributed by atoms with Crippen molar-refractivity contribution in [2.75, 3.05) is 13.7 Å². The van der Waals surface area contributed by atoms with Gasteiger partial charge in [-0.15, -0.1) is 0 Å². The number of aliphatic hydroxyl groups excluding tert-OH is 1. The first kappa shape index (κ1) is 14.0. The number of hydrogen-bond donors (Lipinski definition) is 3. The molecule has 0 saturated heterocycles. The summed E-state index contributed by atoms with van der Waals surface area (Å²) in [5.74, 6) is -0.847. The third-order valence-electron chi connectivity index (χ3n) is 2.26. The highest BCUT2D eigenvalue weighted by molar-refractivity contribution is 5.94. The van der Waals surface area contributed by atoms with Crippen LogP contribution in [0.4, 0.5) is 0 Å². The Morgan fingerprint density at radius 1 is 1.33 bits per heavy atom. The van der Waals surface area contributed by atoms with E-state index in [-0.39, 0.29) is 12.5 Å². The van der Waals surface area contributed by atoms with Crippen molar-refractivity contribution in [2.45, 2.75) is 12.5 Å². The molecule has 1 rings (SSSR count). The van der Waals surface area contributed by atoms with Crippen LogP contribution in [-0.4, -0.2) is 41.8 Å². The Bertz CT molecular complexity index is 415. The van der Waals surface area contributed by atoms with E-state index >= 15 is 0 Å². The number of amides is 1. The maximum Gasteiger partial charge on any atom is 0.306 e. The van der Waals surface area contributed by atoms with Crippen LogP contribution in [0.2, 0.25) is 0 Å². The number of carbonyl (C=O) groups excluding carboxylic acids is 1.